The van der Waals surface area contributed by atoms with Crippen molar-refractivity contribution < 1.29 is 13.2 Å². The summed E-state index contributed by atoms with van der Waals surface area (Å²) >= 11 is 3.34. The molecular formula is C24H29BrN2O3S. The van der Waals surface area contributed by atoms with Crippen molar-refractivity contribution in [2.75, 3.05) is 26.2 Å². The molecule has 0 bridgehead atoms. The summed E-state index contributed by atoms with van der Waals surface area (Å²) in [5.74, 6) is 0.477. The zero-order valence-electron chi connectivity index (χ0n) is 17.6. The van der Waals surface area contributed by atoms with Gasteiger partial charge in [0.2, 0.25) is 15.9 Å². The molecule has 4 rings (SSSR count). The Morgan fingerprint density at radius 2 is 1.61 bits per heavy atom. The highest BCUT2D eigenvalue weighted by Crippen LogP contribution is 2.28. The van der Waals surface area contributed by atoms with Crippen LogP contribution in [0.15, 0.2) is 64.0 Å². The van der Waals surface area contributed by atoms with E-state index in [0.717, 1.165) is 49.7 Å². The fourth-order valence-electron chi connectivity index (χ4n) is 4.68. The highest BCUT2D eigenvalue weighted by Gasteiger charge is 2.36. The zero-order chi connectivity index (χ0) is 21.8. The summed E-state index contributed by atoms with van der Waals surface area (Å²) in [7, 11) is -3.58. The molecule has 2 aromatic rings. The number of piperidine rings is 2. The quantitative estimate of drug-likeness (QED) is 0.608. The number of halogens is 1. The summed E-state index contributed by atoms with van der Waals surface area (Å²) in [5, 5.41) is 0. The number of nitrogens with zero attached hydrogens (tertiary/aromatic N) is 2. The molecule has 2 aliphatic heterocycles. The molecule has 166 valence electrons. The van der Waals surface area contributed by atoms with Gasteiger partial charge in [0.05, 0.1) is 10.8 Å². The zero-order valence-corrected chi connectivity index (χ0v) is 20.0. The van der Waals surface area contributed by atoms with Gasteiger partial charge < -0.3 is 4.90 Å². The van der Waals surface area contributed by atoms with Crippen LogP contribution in [0.4, 0.5) is 0 Å². The minimum atomic E-state index is -3.58. The Kier molecular flexibility index (Phi) is 7.14. The number of benzene rings is 2. The Balaban J connectivity index is 1.34. The molecule has 2 aromatic carbocycles. The second-order valence-electron chi connectivity index (χ2n) is 8.61. The van der Waals surface area contributed by atoms with E-state index in [1.807, 2.05) is 11.0 Å². The summed E-state index contributed by atoms with van der Waals surface area (Å²) in [4.78, 5) is 15.4. The van der Waals surface area contributed by atoms with E-state index in [1.165, 1.54) is 9.87 Å². The van der Waals surface area contributed by atoms with Gasteiger partial charge in [-0.1, -0.05) is 46.3 Å². The topological polar surface area (TPSA) is 57.7 Å². The summed E-state index contributed by atoms with van der Waals surface area (Å²) in [6, 6.07) is 17.2. The Morgan fingerprint density at radius 1 is 0.935 bits per heavy atom. The number of sulfonamides is 1. The molecule has 0 aliphatic carbocycles. The van der Waals surface area contributed by atoms with Crippen LogP contribution in [-0.4, -0.2) is 49.7 Å². The van der Waals surface area contributed by atoms with E-state index < -0.39 is 10.0 Å². The molecule has 0 spiro atoms. The van der Waals surface area contributed by atoms with E-state index in [-0.39, 0.29) is 23.3 Å². The summed E-state index contributed by atoms with van der Waals surface area (Å²) in [6.07, 6.45) is 4.56. The molecular weight excluding hydrogens is 476 g/mol. The molecule has 2 saturated heterocycles. The lowest BCUT2D eigenvalue weighted by atomic mass is 9.89. The monoisotopic (exact) mass is 504 g/mol. The molecule has 0 radical (unpaired) electrons. The van der Waals surface area contributed by atoms with Crippen molar-refractivity contribution in [3.05, 3.63) is 64.6 Å². The van der Waals surface area contributed by atoms with Gasteiger partial charge in [0.15, 0.2) is 0 Å². The van der Waals surface area contributed by atoms with Gasteiger partial charge in [0.25, 0.3) is 0 Å². The summed E-state index contributed by atoms with van der Waals surface area (Å²) < 4.78 is 28.4. The van der Waals surface area contributed by atoms with Crippen molar-refractivity contribution in [2.24, 2.45) is 11.8 Å². The first-order chi connectivity index (χ1) is 14.9. The van der Waals surface area contributed by atoms with Crippen molar-refractivity contribution >= 4 is 31.9 Å². The van der Waals surface area contributed by atoms with Gasteiger partial charge >= 0.3 is 0 Å². The molecule has 1 amide bonds. The highest BCUT2D eigenvalue weighted by molar-refractivity contribution is 9.10. The van der Waals surface area contributed by atoms with Gasteiger partial charge in [-0.15, -0.1) is 0 Å². The fourth-order valence-corrected chi connectivity index (χ4v) is 6.47. The lowest BCUT2D eigenvalue weighted by molar-refractivity contribution is -0.138. The van der Waals surface area contributed by atoms with Crippen molar-refractivity contribution in [3.8, 4) is 0 Å². The number of likely N-dealkylation sites (tertiary alicyclic amines) is 1. The predicted molar refractivity (Wildman–Crippen MR) is 125 cm³/mol. The maximum Gasteiger partial charge on any atom is 0.243 e. The minimum Gasteiger partial charge on any atom is -0.342 e. The van der Waals surface area contributed by atoms with E-state index in [0.29, 0.717) is 12.5 Å². The normalized spacial score (nSPS) is 21.2. The lowest BCUT2D eigenvalue weighted by Gasteiger charge is -2.37. The number of rotatable bonds is 5. The van der Waals surface area contributed by atoms with Crippen LogP contribution in [0, 0.1) is 11.8 Å². The Bertz CT molecular complexity index is 987. The Labute approximate surface area is 193 Å². The van der Waals surface area contributed by atoms with Gasteiger partial charge in [-0.2, -0.15) is 4.31 Å². The average Bonchev–Trinajstić information content (AvgIpc) is 2.80. The maximum atomic E-state index is 13.2. The van der Waals surface area contributed by atoms with Crippen molar-refractivity contribution in [2.45, 2.75) is 37.0 Å². The van der Waals surface area contributed by atoms with Crippen LogP contribution in [0.5, 0.6) is 0 Å². The van der Waals surface area contributed by atoms with E-state index in [2.05, 4.69) is 40.2 Å². The van der Waals surface area contributed by atoms with Gasteiger partial charge in [0.1, 0.15) is 0 Å². The van der Waals surface area contributed by atoms with Gasteiger partial charge in [0, 0.05) is 30.7 Å². The van der Waals surface area contributed by atoms with Crippen LogP contribution in [-0.2, 0) is 21.2 Å². The van der Waals surface area contributed by atoms with Crippen molar-refractivity contribution in [3.63, 3.8) is 0 Å². The van der Waals surface area contributed by atoms with Crippen LogP contribution >= 0.6 is 15.9 Å². The number of hydrogen-bond acceptors (Lipinski definition) is 3. The van der Waals surface area contributed by atoms with Gasteiger partial charge in [-0.05, 0) is 67.9 Å². The molecule has 5 nitrogen and oxygen atoms in total. The molecule has 31 heavy (non-hydrogen) atoms. The highest BCUT2D eigenvalue weighted by atomic mass is 79.9. The standard InChI is InChI=1S/C24H29BrN2O3S/c25-22-8-10-23(11-9-22)31(29,30)27-14-4-7-21(18-27)24(28)26-15-12-20(13-16-26)17-19-5-2-1-3-6-19/h1-3,5-6,8-11,20-21H,4,7,12-18H2/t21-/m0/s1. The lowest BCUT2D eigenvalue weighted by Crippen LogP contribution is -2.48. The molecule has 0 unspecified atom stereocenters. The smallest absolute Gasteiger partial charge is 0.243 e. The molecule has 1 atom stereocenters. The van der Waals surface area contributed by atoms with Crippen LogP contribution in [0.2, 0.25) is 0 Å². The third-order valence-electron chi connectivity index (χ3n) is 6.48. The SMILES string of the molecule is O=C([C@H]1CCCN(S(=O)(=O)c2ccc(Br)cc2)C1)N1CCC(Cc2ccccc2)CC1. The molecule has 2 fully saturated rings. The molecule has 0 aromatic heterocycles. The molecule has 0 saturated carbocycles. The van der Waals surface area contributed by atoms with Crippen molar-refractivity contribution in [1.82, 2.24) is 9.21 Å². The van der Waals surface area contributed by atoms with Crippen LogP contribution in [0.3, 0.4) is 0 Å². The number of amides is 1. The third-order valence-corrected chi connectivity index (χ3v) is 8.89. The van der Waals surface area contributed by atoms with Crippen LogP contribution in [0.25, 0.3) is 0 Å². The first kappa shape index (κ1) is 22.5. The van der Waals surface area contributed by atoms with E-state index >= 15 is 0 Å². The van der Waals surface area contributed by atoms with E-state index in [4.69, 9.17) is 0 Å². The average molecular weight is 505 g/mol. The second-order valence-corrected chi connectivity index (χ2v) is 11.5. The first-order valence-corrected chi connectivity index (χ1v) is 13.3. The number of hydrogen-bond donors (Lipinski definition) is 0. The number of carbonyl (C=O) groups is 1. The van der Waals surface area contributed by atoms with E-state index in [1.54, 1.807) is 24.3 Å². The Hall–Kier alpha value is -1.70. The van der Waals surface area contributed by atoms with Crippen molar-refractivity contribution in [1.29, 1.82) is 0 Å². The van der Waals surface area contributed by atoms with Crippen LogP contribution < -0.4 is 0 Å². The van der Waals surface area contributed by atoms with Crippen LogP contribution in [0.1, 0.15) is 31.2 Å². The molecule has 2 heterocycles. The second kappa shape index (κ2) is 9.84. The summed E-state index contributed by atoms with van der Waals surface area (Å²) in [5.41, 5.74) is 1.35. The first-order valence-electron chi connectivity index (χ1n) is 11.0. The predicted octanol–water partition coefficient (Wildman–Crippen LogP) is 4.33. The maximum absolute atomic E-state index is 13.2. The van der Waals surface area contributed by atoms with Gasteiger partial charge in [-0.25, -0.2) is 8.42 Å². The molecule has 2 aliphatic rings. The number of carbonyl (C=O) groups excluding carboxylic acids is 1. The Morgan fingerprint density at radius 3 is 2.29 bits per heavy atom. The summed E-state index contributed by atoms with van der Waals surface area (Å²) in [6.45, 7) is 2.29. The fraction of sp³-hybridized carbons (Fsp3) is 0.458. The third kappa shape index (κ3) is 5.38. The van der Waals surface area contributed by atoms with Gasteiger partial charge in [-0.3, -0.25) is 4.79 Å². The largest absolute Gasteiger partial charge is 0.342 e. The molecule has 0 N–H and O–H groups in total. The minimum absolute atomic E-state index is 0.119. The van der Waals surface area contributed by atoms with E-state index in [9.17, 15) is 13.2 Å². The molecule has 7 heteroatoms.